The third kappa shape index (κ3) is 8.36. The molecule has 14 heteroatoms. The Bertz CT molecular complexity index is 2590. The van der Waals surface area contributed by atoms with E-state index in [1.165, 1.54) is 14.2 Å². The molecular weight excluding hydrogens is 761 g/mol. The molecule has 2 aliphatic carbocycles. The van der Waals surface area contributed by atoms with E-state index in [9.17, 15) is 19.2 Å². The van der Waals surface area contributed by atoms with Crippen molar-refractivity contribution in [2.45, 2.75) is 75.9 Å². The molecule has 9 rings (SSSR count). The van der Waals surface area contributed by atoms with Crippen molar-refractivity contribution in [1.29, 1.82) is 0 Å². The topological polar surface area (TPSA) is 183 Å². The molecule has 2 aromatic heterocycles. The maximum absolute atomic E-state index is 13.7. The zero-order valence-corrected chi connectivity index (χ0v) is 33.9. The van der Waals surface area contributed by atoms with Crippen molar-refractivity contribution in [1.82, 2.24) is 40.8 Å². The lowest BCUT2D eigenvalue weighted by Gasteiger charge is -2.28. The smallest absolute Gasteiger partial charge is 0.407 e. The van der Waals surface area contributed by atoms with Gasteiger partial charge in [-0.25, -0.2) is 19.6 Å². The third-order valence-corrected chi connectivity index (χ3v) is 12.2. The van der Waals surface area contributed by atoms with Crippen LogP contribution in [0.1, 0.15) is 69.1 Å². The van der Waals surface area contributed by atoms with E-state index < -0.39 is 24.3 Å². The predicted octanol–water partition coefficient (Wildman–Crippen LogP) is 7.30. The molecule has 3 fully saturated rings. The van der Waals surface area contributed by atoms with E-state index in [0.29, 0.717) is 13.1 Å². The zero-order valence-electron chi connectivity index (χ0n) is 33.9. The first-order valence-electron chi connectivity index (χ1n) is 21.0. The number of benzene rings is 4. The van der Waals surface area contributed by atoms with Gasteiger partial charge in [-0.1, -0.05) is 36.4 Å². The van der Waals surface area contributed by atoms with Gasteiger partial charge in [-0.15, -0.1) is 0 Å². The van der Waals surface area contributed by atoms with Crippen molar-refractivity contribution in [3.05, 3.63) is 84.4 Å². The summed E-state index contributed by atoms with van der Waals surface area (Å²) < 4.78 is 9.49. The number of hydrogen-bond acceptors (Lipinski definition) is 8. The fraction of sp³-hybridized carbons (Fsp3) is 0.391. The molecule has 1 aliphatic heterocycles. The van der Waals surface area contributed by atoms with E-state index >= 15 is 0 Å². The molecular formula is C46H50N8O6. The summed E-state index contributed by atoms with van der Waals surface area (Å²) in [7, 11) is 2.62. The lowest BCUT2D eigenvalue weighted by atomic mass is 9.97. The third-order valence-electron chi connectivity index (χ3n) is 12.2. The summed E-state index contributed by atoms with van der Waals surface area (Å²) in [5, 5.41) is 10.7. The van der Waals surface area contributed by atoms with Crippen LogP contribution >= 0.6 is 0 Å². The minimum atomic E-state index is -0.582. The molecule has 60 heavy (non-hydrogen) atoms. The highest BCUT2D eigenvalue weighted by atomic mass is 16.5. The summed E-state index contributed by atoms with van der Waals surface area (Å²) in [6.45, 7) is 1.16. The summed E-state index contributed by atoms with van der Waals surface area (Å²) in [6, 6.07) is 24.3. The molecule has 0 radical (unpaired) electrons. The van der Waals surface area contributed by atoms with Crippen LogP contribution in [-0.4, -0.2) is 88.2 Å². The Labute approximate surface area is 347 Å². The number of rotatable bonds is 14. The Hall–Kier alpha value is -6.44. The number of hydrogen-bond donors (Lipinski definition) is 5. The maximum Gasteiger partial charge on any atom is 0.407 e. The molecule has 2 saturated carbocycles. The highest BCUT2D eigenvalue weighted by Gasteiger charge is 2.43. The fourth-order valence-electron chi connectivity index (χ4n) is 8.57. The molecule has 3 aliphatic rings. The highest BCUT2D eigenvalue weighted by molar-refractivity contribution is 5.93. The molecule has 3 atom stereocenters. The van der Waals surface area contributed by atoms with Gasteiger partial charge in [-0.2, -0.15) is 0 Å². The van der Waals surface area contributed by atoms with Crippen molar-refractivity contribution in [2.24, 2.45) is 11.8 Å². The number of carbonyl (C=O) groups excluding carboxylic acids is 4. The number of aryl methyl sites for hydroxylation is 1. The Morgan fingerprint density at radius 2 is 1.27 bits per heavy atom. The first kappa shape index (κ1) is 39.0. The van der Waals surface area contributed by atoms with Gasteiger partial charge in [0.15, 0.2) is 0 Å². The second kappa shape index (κ2) is 16.7. The summed E-state index contributed by atoms with van der Waals surface area (Å²) in [6.07, 6.45) is 6.64. The molecule has 3 unspecified atom stereocenters. The number of ether oxygens (including phenoxy) is 2. The van der Waals surface area contributed by atoms with E-state index in [0.717, 1.165) is 125 Å². The predicted molar refractivity (Wildman–Crippen MR) is 228 cm³/mol. The normalized spacial score (nSPS) is 17.4. The first-order valence-corrected chi connectivity index (χ1v) is 21.0. The van der Waals surface area contributed by atoms with Gasteiger partial charge in [0.1, 0.15) is 23.7 Å². The van der Waals surface area contributed by atoms with Crippen LogP contribution in [0.4, 0.5) is 9.59 Å². The van der Waals surface area contributed by atoms with E-state index in [4.69, 9.17) is 14.7 Å². The van der Waals surface area contributed by atoms with Crippen molar-refractivity contribution >= 4 is 56.8 Å². The van der Waals surface area contributed by atoms with Crippen LogP contribution in [0.3, 0.4) is 0 Å². The number of aromatic nitrogens is 4. The number of methoxy groups -OCH3 is 2. The van der Waals surface area contributed by atoms with Gasteiger partial charge in [0.05, 0.1) is 42.3 Å². The summed E-state index contributed by atoms with van der Waals surface area (Å²) >= 11 is 0. The number of alkyl carbamates (subject to hydrolysis) is 2. The fourth-order valence-corrected chi connectivity index (χ4v) is 8.57. The molecule has 0 spiro atoms. The maximum atomic E-state index is 13.7. The molecule has 1 saturated heterocycles. The molecule has 4 amide bonds. The van der Waals surface area contributed by atoms with Gasteiger partial charge in [0.25, 0.3) is 0 Å². The summed E-state index contributed by atoms with van der Waals surface area (Å²) in [4.78, 5) is 68.6. The van der Waals surface area contributed by atoms with Crippen LogP contribution < -0.4 is 16.0 Å². The van der Waals surface area contributed by atoms with Crippen LogP contribution in [0.15, 0.2) is 72.8 Å². The molecule has 14 nitrogen and oxygen atoms in total. The van der Waals surface area contributed by atoms with E-state index in [1.807, 2.05) is 11.0 Å². The van der Waals surface area contributed by atoms with Gasteiger partial charge in [-0.3, -0.25) is 9.59 Å². The second-order valence-electron chi connectivity index (χ2n) is 16.4. The van der Waals surface area contributed by atoms with Gasteiger partial charge >= 0.3 is 12.2 Å². The molecule has 4 aromatic carbocycles. The number of likely N-dealkylation sites (tertiary alicyclic amines) is 1. The minimum absolute atomic E-state index is 0.0687. The Kier molecular flexibility index (Phi) is 10.8. The van der Waals surface area contributed by atoms with Gasteiger partial charge < -0.3 is 40.3 Å². The molecule has 3 heterocycles. The van der Waals surface area contributed by atoms with E-state index in [2.05, 4.69) is 97.4 Å². The summed E-state index contributed by atoms with van der Waals surface area (Å²) in [5.41, 5.74) is 8.04. The van der Waals surface area contributed by atoms with Crippen LogP contribution in [-0.2, 0) is 25.5 Å². The van der Waals surface area contributed by atoms with Crippen molar-refractivity contribution in [3.8, 4) is 22.3 Å². The van der Waals surface area contributed by atoms with E-state index in [-0.39, 0.29) is 29.7 Å². The van der Waals surface area contributed by atoms with Crippen molar-refractivity contribution in [2.75, 3.05) is 27.3 Å². The van der Waals surface area contributed by atoms with Crippen LogP contribution in [0.25, 0.3) is 55.1 Å². The number of nitrogens with zero attached hydrogens (tertiary/aromatic N) is 3. The van der Waals surface area contributed by atoms with Gasteiger partial charge in [0, 0.05) is 19.5 Å². The SMILES string of the molecule is COC(=O)NC(C(=O)NCCCCc1nc2ccc(-c3ccc4cc(-c5ccc6nc(C7CCCN7C(=O)C(NC(=O)OC)C7CC7)[nH]c6c5)ccc4c3)cc2[nH]1)C1CC1. The number of nitrogens with one attached hydrogen (secondary N) is 5. The number of amides is 4. The average Bonchev–Trinajstić information content (AvgIpc) is 4.16. The van der Waals surface area contributed by atoms with E-state index in [1.54, 1.807) is 0 Å². The van der Waals surface area contributed by atoms with Crippen molar-refractivity contribution < 1.29 is 28.7 Å². The Balaban J connectivity index is 0.834. The Morgan fingerprint density at radius 3 is 1.90 bits per heavy atom. The van der Waals surface area contributed by atoms with Gasteiger partial charge in [-0.05, 0) is 133 Å². The largest absolute Gasteiger partial charge is 0.453 e. The minimum Gasteiger partial charge on any atom is -0.453 e. The van der Waals surface area contributed by atoms with Gasteiger partial charge in [0.2, 0.25) is 11.8 Å². The summed E-state index contributed by atoms with van der Waals surface area (Å²) in [5.74, 6) is 1.78. The molecule has 310 valence electrons. The second-order valence-corrected chi connectivity index (χ2v) is 16.4. The number of carbonyl (C=O) groups is 4. The monoisotopic (exact) mass is 810 g/mol. The lowest BCUT2D eigenvalue weighted by Crippen LogP contribution is -2.49. The standard InChI is InChI=1S/C46H50N8O6/c1-59-45(57)52-40(26-8-9-26)43(55)47-20-4-3-7-39-48-34-18-16-32(24-36(34)49-39)30-14-12-29-23-31(15-13-28(29)22-30)33-17-19-35-37(25-33)51-42(50-35)38-6-5-21-54(38)44(56)41(27-10-11-27)53-46(58)60-2/h12-19,22-27,38,40-41H,3-11,20-21H2,1-2H3,(H,47,55)(H,48,49)(H,50,51)(H,52,57)(H,53,58). The quantitative estimate of drug-likeness (QED) is 0.0711. The first-order chi connectivity index (χ1) is 29.2. The van der Waals surface area contributed by atoms with Crippen molar-refractivity contribution in [3.63, 3.8) is 0 Å². The number of imidazole rings is 2. The number of fused-ring (bicyclic) bond motifs is 3. The van der Waals surface area contributed by atoms with Crippen LogP contribution in [0, 0.1) is 11.8 Å². The van der Waals surface area contributed by atoms with Crippen LogP contribution in [0.5, 0.6) is 0 Å². The Morgan fingerprint density at radius 1 is 0.700 bits per heavy atom. The highest BCUT2D eigenvalue weighted by Crippen LogP contribution is 2.38. The number of unbranched alkanes of at least 4 members (excludes halogenated alkanes) is 1. The molecule has 0 bridgehead atoms. The van der Waals surface area contributed by atoms with Crippen LogP contribution in [0.2, 0.25) is 0 Å². The lowest BCUT2D eigenvalue weighted by molar-refractivity contribution is -0.135. The molecule has 6 aromatic rings. The zero-order chi connectivity index (χ0) is 41.3. The molecule has 5 N–H and O–H groups in total. The average molecular weight is 811 g/mol. The number of aromatic amines is 2. The number of H-pyrrole nitrogens is 2.